The number of hydrogen-bond acceptors (Lipinski definition) is 7. The van der Waals surface area contributed by atoms with E-state index in [1.807, 2.05) is 0 Å². The molecule has 1 amide bonds. The number of nitrogens with zero attached hydrogens (tertiary/aromatic N) is 2. The average Bonchev–Trinajstić information content (AvgIpc) is 3.08. The Hall–Kier alpha value is -2.00. The number of carboxylic acid groups (broad SMARTS) is 1. The summed E-state index contributed by atoms with van der Waals surface area (Å²) >= 11 is 0. The molecule has 0 aromatic carbocycles. The van der Waals surface area contributed by atoms with Gasteiger partial charge in [0, 0.05) is 13.0 Å². The van der Waals surface area contributed by atoms with E-state index in [9.17, 15) is 9.59 Å². The van der Waals surface area contributed by atoms with Crippen LogP contribution >= 0.6 is 0 Å². The number of nitrogens with one attached hydrogen (secondary N) is 2. The lowest BCUT2D eigenvalue weighted by Crippen LogP contribution is -2.41. The number of carbonyl (C=O) groups is 2. The Morgan fingerprint density at radius 1 is 1.55 bits per heavy atom. The van der Waals surface area contributed by atoms with Crippen molar-refractivity contribution in [1.29, 1.82) is 0 Å². The van der Waals surface area contributed by atoms with Crippen molar-refractivity contribution in [2.75, 3.05) is 13.2 Å². The molecule has 0 saturated carbocycles. The molecular formula is C11H16N4O5. The topological polar surface area (TPSA) is 138 Å². The van der Waals surface area contributed by atoms with Gasteiger partial charge in [0.15, 0.2) is 0 Å². The van der Waals surface area contributed by atoms with Gasteiger partial charge in [-0.3, -0.25) is 4.79 Å². The second-order valence-corrected chi connectivity index (χ2v) is 4.48. The first kappa shape index (κ1) is 14.4. The fraction of sp³-hybridized carbons (Fsp3) is 0.636. The van der Waals surface area contributed by atoms with Crippen molar-refractivity contribution in [2.24, 2.45) is 0 Å². The van der Waals surface area contributed by atoms with Crippen molar-refractivity contribution in [3.05, 3.63) is 11.7 Å². The molecule has 2 atom stereocenters. The summed E-state index contributed by atoms with van der Waals surface area (Å²) in [5, 5.41) is 26.5. The summed E-state index contributed by atoms with van der Waals surface area (Å²) in [7, 11) is 0. The molecule has 1 aliphatic rings. The maximum atomic E-state index is 11.8. The highest BCUT2D eigenvalue weighted by Crippen LogP contribution is 2.20. The molecule has 0 radical (unpaired) electrons. The van der Waals surface area contributed by atoms with Crippen molar-refractivity contribution in [3.8, 4) is 0 Å². The lowest BCUT2D eigenvalue weighted by molar-refractivity contribution is -0.139. The van der Waals surface area contributed by atoms with Crippen LogP contribution in [-0.4, -0.2) is 51.4 Å². The number of aliphatic hydroxyl groups excluding tert-OH is 1. The van der Waals surface area contributed by atoms with Crippen LogP contribution in [0.5, 0.6) is 0 Å². The zero-order chi connectivity index (χ0) is 14.5. The lowest BCUT2D eigenvalue weighted by atomic mass is 10.2. The molecule has 2 unspecified atom stereocenters. The summed E-state index contributed by atoms with van der Waals surface area (Å²) in [6.45, 7) is 0.507. The second-order valence-electron chi connectivity index (χ2n) is 4.48. The maximum Gasteiger partial charge on any atom is 0.326 e. The van der Waals surface area contributed by atoms with E-state index in [4.69, 9.17) is 14.7 Å². The van der Waals surface area contributed by atoms with E-state index in [0.29, 0.717) is 5.89 Å². The summed E-state index contributed by atoms with van der Waals surface area (Å²) in [5.74, 6) is -1.85. The van der Waals surface area contributed by atoms with Gasteiger partial charge in [0.1, 0.15) is 6.04 Å². The fourth-order valence-corrected chi connectivity index (χ4v) is 1.97. The Labute approximate surface area is 114 Å². The zero-order valence-corrected chi connectivity index (χ0v) is 10.7. The van der Waals surface area contributed by atoms with E-state index in [1.165, 1.54) is 0 Å². The Morgan fingerprint density at radius 3 is 2.95 bits per heavy atom. The minimum Gasteiger partial charge on any atom is -0.480 e. The van der Waals surface area contributed by atoms with Crippen molar-refractivity contribution >= 4 is 11.9 Å². The summed E-state index contributed by atoms with van der Waals surface area (Å²) in [6, 6.07) is -1.24. The normalized spacial score (nSPS) is 19.8. The molecule has 110 valence electrons. The first-order valence-electron chi connectivity index (χ1n) is 6.33. The highest BCUT2D eigenvalue weighted by molar-refractivity contribution is 5.93. The van der Waals surface area contributed by atoms with Gasteiger partial charge in [-0.25, -0.2) is 4.79 Å². The molecule has 1 aromatic heterocycles. The quantitative estimate of drug-likeness (QED) is 0.525. The molecule has 9 nitrogen and oxygen atoms in total. The van der Waals surface area contributed by atoms with E-state index < -0.39 is 17.9 Å². The van der Waals surface area contributed by atoms with Gasteiger partial charge in [0.25, 0.3) is 11.7 Å². The van der Waals surface area contributed by atoms with Crippen LogP contribution in [0, 0.1) is 0 Å². The Morgan fingerprint density at radius 2 is 2.35 bits per heavy atom. The summed E-state index contributed by atoms with van der Waals surface area (Å²) in [5.41, 5.74) is 0. The van der Waals surface area contributed by atoms with Crippen LogP contribution in [0.3, 0.4) is 0 Å². The summed E-state index contributed by atoms with van der Waals surface area (Å²) < 4.78 is 4.99. The van der Waals surface area contributed by atoms with E-state index in [1.54, 1.807) is 0 Å². The first-order chi connectivity index (χ1) is 9.61. The molecule has 1 aliphatic heterocycles. The van der Waals surface area contributed by atoms with Crippen LogP contribution in [-0.2, 0) is 4.79 Å². The molecule has 0 spiro atoms. The van der Waals surface area contributed by atoms with E-state index in [-0.39, 0.29) is 24.9 Å². The SMILES string of the molecule is O=C(NC(CCO)C(=O)O)c1noc(C2CCCN2)n1. The highest BCUT2D eigenvalue weighted by Gasteiger charge is 2.26. The molecule has 1 saturated heterocycles. The third kappa shape index (κ3) is 3.31. The van der Waals surface area contributed by atoms with Gasteiger partial charge in [0.2, 0.25) is 5.89 Å². The van der Waals surface area contributed by atoms with Crippen LogP contribution in [0.15, 0.2) is 4.52 Å². The van der Waals surface area contributed by atoms with Crippen LogP contribution < -0.4 is 10.6 Å². The monoisotopic (exact) mass is 284 g/mol. The number of hydrogen-bond donors (Lipinski definition) is 4. The minimum absolute atomic E-state index is 0.0586. The molecule has 1 aromatic rings. The van der Waals surface area contributed by atoms with Crippen LogP contribution in [0.1, 0.15) is 41.8 Å². The Balaban J connectivity index is 1.99. The predicted octanol–water partition coefficient (Wildman–Crippen LogP) is -0.940. The molecule has 0 aliphatic carbocycles. The highest BCUT2D eigenvalue weighted by atomic mass is 16.5. The molecule has 20 heavy (non-hydrogen) atoms. The third-order valence-electron chi connectivity index (χ3n) is 3.02. The number of aromatic nitrogens is 2. The van der Waals surface area contributed by atoms with Gasteiger partial charge in [-0.1, -0.05) is 5.16 Å². The molecule has 2 heterocycles. The van der Waals surface area contributed by atoms with Crippen LogP contribution in [0.4, 0.5) is 0 Å². The summed E-state index contributed by atoms with van der Waals surface area (Å²) in [4.78, 5) is 26.6. The van der Waals surface area contributed by atoms with E-state index in [0.717, 1.165) is 19.4 Å². The predicted molar refractivity (Wildman–Crippen MR) is 64.9 cm³/mol. The minimum atomic E-state index is -1.23. The molecule has 0 bridgehead atoms. The van der Waals surface area contributed by atoms with Crippen molar-refractivity contribution in [3.63, 3.8) is 0 Å². The van der Waals surface area contributed by atoms with Gasteiger partial charge in [0.05, 0.1) is 6.04 Å². The number of carboxylic acids is 1. The van der Waals surface area contributed by atoms with Gasteiger partial charge >= 0.3 is 5.97 Å². The Kier molecular flexibility index (Phi) is 4.64. The molecule has 4 N–H and O–H groups in total. The number of aliphatic hydroxyl groups is 1. The second kappa shape index (κ2) is 6.44. The molecular weight excluding hydrogens is 268 g/mol. The Bertz CT molecular complexity index is 483. The largest absolute Gasteiger partial charge is 0.480 e. The van der Waals surface area contributed by atoms with E-state index >= 15 is 0 Å². The lowest BCUT2D eigenvalue weighted by Gasteiger charge is -2.11. The van der Waals surface area contributed by atoms with Gasteiger partial charge in [-0.15, -0.1) is 0 Å². The van der Waals surface area contributed by atoms with Crippen molar-refractivity contribution in [2.45, 2.75) is 31.3 Å². The number of rotatable bonds is 6. The molecule has 1 fully saturated rings. The van der Waals surface area contributed by atoms with Crippen molar-refractivity contribution in [1.82, 2.24) is 20.8 Å². The first-order valence-corrected chi connectivity index (χ1v) is 6.33. The van der Waals surface area contributed by atoms with Crippen LogP contribution in [0.2, 0.25) is 0 Å². The van der Waals surface area contributed by atoms with Crippen LogP contribution in [0.25, 0.3) is 0 Å². The summed E-state index contributed by atoms with van der Waals surface area (Å²) in [6.07, 6.45) is 1.76. The number of carbonyl (C=O) groups excluding carboxylic acids is 1. The molecule has 2 rings (SSSR count). The van der Waals surface area contributed by atoms with Crippen molar-refractivity contribution < 1.29 is 24.3 Å². The number of aliphatic carboxylic acids is 1. The molecule has 9 heteroatoms. The zero-order valence-electron chi connectivity index (χ0n) is 10.7. The standard InChI is InChI=1S/C11H16N4O5/c16-5-3-7(11(18)19)13-9(17)8-14-10(20-15-8)6-2-1-4-12-6/h6-7,12,16H,1-5H2,(H,13,17)(H,18,19). The van der Waals surface area contributed by atoms with Gasteiger partial charge < -0.3 is 25.4 Å². The van der Waals surface area contributed by atoms with Gasteiger partial charge in [-0.05, 0) is 19.4 Å². The maximum absolute atomic E-state index is 11.8. The van der Waals surface area contributed by atoms with Gasteiger partial charge in [-0.2, -0.15) is 4.98 Å². The van der Waals surface area contributed by atoms with E-state index in [2.05, 4.69) is 20.8 Å². The number of amides is 1. The third-order valence-corrected chi connectivity index (χ3v) is 3.02. The smallest absolute Gasteiger partial charge is 0.326 e. The average molecular weight is 284 g/mol. The fourth-order valence-electron chi connectivity index (χ4n) is 1.97.